The highest BCUT2D eigenvalue weighted by Gasteiger charge is 2.39. The second kappa shape index (κ2) is 5.87. The number of aromatic nitrogens is 5. The molecule has 0 radical (unpaired) electrons. The molecular formula is C15H15ClN6OS. The summed E-state index contributed by atoms with van der Waals surface area (Å²) >= 11 is 7.74. The lowest BCUT2D eigenvalue weighted by molar-refractivity contribution is 0.229. The number of hydrogen-bond acceptors (Lipinski definition) is 7. The van der Waals surface area contributed by atoms with Gasteiger partial charge in [0.05, 0.1) is 16.1 Å². The maximum absolute atomic E-state index is 6.35. The highest BCUT2D eigenvalue weighted by molar-refractivity contribution is 7.99. The van der Waals surface area contributed by atoms with Crippen molar-refractivity contribution in [2.75, 3.05) is 0 Å². The largest absolute Gasteiger partial charge is 0.334 e. The molecule has 9 heteroatoms. The zero-order valence-corrected chi connectivity index (χ0v) is 14.5. The average Bonchev–Trinajstić information content (AvgIpc) is 3.17. The van der Waals surface area contributed by atoms with Gasteiger partial charge in [-0.1, -0.05) is 16.8 Å². The van der Waals surface area contributed by atoms with Crippen molar-refractivity contribution in [3.8, 4) is 11.5 Å². The Balaban J connectivity index is 1.59. The van der Waals surface area contributed by atoms with Gasteiger partial charge in [0.2, 0.25) is 0 Å². The number of pyridine rings is 1. The van der Waals surface area contributed by atoms with Crippen molar-refractivity contribution in [3.05, 3.63) is 35.5 Å². The Kier molecular flexibility index (Phi) is 3.82. The van der Waals surface area contributed by atoms with Gasteiger partial charge in [-0.25, -0.2) is 9.97 Å². The number of imidazole rings is 1. The third-order valence-electron chi connectivity index (χ3n) is 4.14. The molecule has 0 saturated heterocycles. The van der Waals surface area contributed by atoms with Crippen LogP contribution in [0.4, 0.5) is 0 Å². The molecule has 0 amide bonds. The van der Waals surface area contributed by atoms with Crippen LogP contribution in [-0.4, -0.2) is 24.7 Å². The van der Waals surface area contributed by atoms with Crippen LogP contribution in [0.5, 0.6) is 0 Å². The van der Waals surface area contributed by atoms with Crippen LogP contribution >= 0.6 is 23.4 Å². The number of rotatable bonds is 4. The van der Waals surface area contributed by atoms with Crippen molar-refractivity contribution < 1.29 is 4.52 Å². The minimum Gasteiger partial charge on any atom is -0.334 e. The van der Waals surface area contributed by atoms with Crippen molar-refractivity contribution >= 4 is 23.4 Å². The Labute approximate surface area is 147 Å². The molecule has 0 spiro atoms. The molecule has 3 aromatic rings. The zero-order valence-electron chi connectivity index (χ0n) is 12.9. The van der Waals surface area contributed by atoms with Gasteiger partial charge in [0.15, 0.2) is 11.0 Å². The molecule has 124 valence electrons. The summed E-state index contributed by atoms with van der Waals surface area (Å²) < 4.78 is 7.23. The van der Waals surface area contributed by atoms with Crippen LogP contribution in [0.15, 0.2) is 39.4 Å². The number of halogens is 1. The summed E-state index contributed by atoms with van der Waals surface area (Å²) in [5.41, 5.74) is 6.44. The van der Waals surface area contributed by atoms with Crippen LogP contribution in [0, 0.1) is 0 Å². The predicted octanol–water partition coefficient (Wildman–Crippen LogP) is 3.01. The Morgan fingerprint density at radius 1 is 1.38 bits per heavy atom. The van der Waals surface area contributed by atoms with E-state index in [1.54, 1.807) is 18.5 Å². The molecule has 7 nitrogen and oxygen atoms in total. The lowest BCUT2D eigenvalue weighted by Gasteiger charge is -2.34. The van der Waals surface area contributed by atoms with Gasteiger partial charge in [-0.15, -0.1) is 0 Å². The van der Waals surface area contributed by atoms with Gasteiger partial charge < -0.3 is 14.8 Å². The number of nitrogens with zero attached hydrogens (tertiary/aromatic N) is 5. The van der Waals surface area contributed by atoms with Gasteiger partial charge in [0.25, 0.3) is 5.89 Å². The minimum atomic E-state index is -0.451. The maximum atomic E-state index is 6.35. The van der Waals surface area contributed by atoms with E-state index in [2.05, 4.69) is 20.1 Å². The highest BCUT2D eigenvalue weighted by Crippen LogP contribution is 2.38. The summed E-state index contributed by atoms with van der Waals surface area (Å²) in [5, 5.41) is 6.00. The van der Waals surface area contributed by atoms with Crippen LogP contribution in [-0.2, 0) is 12.6 Å². The molecule has 24 heavy (non-hydrogen) atoms. The van der Waals surface area contributed by atoms with Crippen LogP contribution in [0.2, 0.25) is 5.02 Å². The van der Waals surface area contributed by atoms with Gasteiger partial charge in [0.1, 0.15) is 5.03 Å². The molecule has 1 aliphatic rings. The molecule has 3 aromatic heterocycles. The molecule has 4 rings (SSSR count). The summed E-state index contributed by atoms with van der Waals surface area (Å²) in [4.78, 5) is 13.1. The third-order valence-corrected chi connectivity index (χ3v) is 5.63. The molecule has 0 bridgehead atoms. The fourth-order valence-electron chi connectivity index (χ4n) is 2.48. The molecule has 2 N–H and O–H groups in total. The Morgan fingerprint density at radius 2 is 2.21 bits per heavy atom. The molecule has 1 aliphatic carbocycles. The van der Waals surface area contributed by atoms with Gasteiger partial charge >= 0.3 is 0 Å². The fourth-order valence-corrected chi connectivity index (χ4v) is 3.51. The van der Waals surface area contributed by atoms with E-state index in [0.29, 0.717) is 27.3 Å². The Hall–Kier alpha value is -1.90. The van der Waals surface area contributed by atoms with Crippen molar-refractivity contribution in [2.24, 2.45) is 12.8 Å². The van der Waals surface area contributed by atoms with Gasteiger partial charge in [0, 0.05) is 25.6 Å². The second-order valence-corrected chi connectivity index (χ2v) is 7.23. The SMILES string of the molecule is Cn1ccnc1Sc1ncc(-c2nc(C3(N)CCC3)no2)cc1Cl. The van der Waals surface area contributed by atoms with E-state index in [1.165, 1.54) is 11.8 Å². The molecule has 1 fully saturated rings. The standard InChI is InChI=1S/C15H15ClN6OS/c1-22-6-5-18-14(22)24-12-10(16)7-9(8-19-12)11-20-13(21-23-11)15(17)3-2-4-15/h5-8H,2-4,17H2,1H3. The molecular weight excluding hydrogens is 348 g/mol. The lowest BCUT2D eigenvalue weighted by Crippen LogP contribution is -2.44. The van der Waals surface area contributed by atoms with E-state index in [0.717, 1.165) is 24.4 Å². The Bertz CT molecular complexity index is 888. The molecule has 0 unspecified atom stereocenters. The van der Waals surface area contributed by atoms with Gasteiger partial charge in [-0.2, -0.15) is 4.98 Å². The molecule has 0 aromatic carbocycles. The van der Waals surface area contributed by atoms with E-state index in [1.807, 2.05) is 17.8 Å². The molecule has 1 saturated carbocycles. The van der Waals surface area contributed by atoms with E-state index in [4.69, 9.17) is 21.9 Å². The van der Waals surface area contributed by atoms with Crippen LogP contribution in [0.1, 0.15) is 25.1 Å². The average molecular weight is 363 g/mol. The van der Waals surface area contributed by atoms with Crippen molar-refractivity contribution in [1.82, 2.24) is 24.7 Å². The van der Waals surface area contributed by atoms with Crippen LogP contribution in [0.25, 0.3) is 11.5 Å². The van der Waals surface area contributed by atoms with E-state index < -0.39 is 5.54 Å². The fraction of sp³-hybridized carbons (Fsp3) is 0.333. The number of nitrogens with two attached hydrogens (primary N) is 1. The topological polar surface area (TPSA) is 95.7 Å². The van der Waals surface area contributed by atoms with Crippen molar-refractivity contribution in [3.63, 3.8) is 0 Å². The first-order valence-electron chi connectivity index (χ1n) is 7.49. The summed E-state index contributed by atoms with van der Waals surface area (Å²) in [6, 6.07) is 1.76. The van der Waals surface area contributed by atoms with Crippen molar-refractivity contribution in [2.45, 2.75) is 35.0 Å². The second-order valence-electron chi connectivity index (χ2n) is 5.87. The summed E-state index contributed by atoms with van der Waals surface area (Å²) in [6.45, 7) is 0. The maximum Gasteiger partial charge on any atom is 0.259 e. The van der Waals surface area contributed by atoms with Crippen LogP contribution < -0.4 is 5.73 Å². The number of hydrogen-bond donors (Lipinski definition) is 1. The predicted molar refractivity (Wildman–Crippen MR) is 89.6 cm³/mol. The molecule has 0 aliphatic heterocycles. The van der Waals surface area contributed by atoms with Crippen molar-refractivity contribution in [1.29, 1.82) is 0 Å². The third kappa shape index (κ3) is 2.70. The highest BCUT2D eigenvalue weighted by atomic mass is 35.5. The Morgan fingerprint density at radius 3 is 2.83 bits per heavy atom. The van der Waals surface area contributed by atoms with Gasteiger partial charge in [-0.3, -0.25) is 0 Å². The van der Waals surface area contributed by atoms with E-state index in [-0.39, 0.29) is 0 Å². The van der Waals surface area contributed by atoms with Gasteiger partial charge in [-0.05, 0) is 37.1 Å². The molecule has 3 heterocycles. The quantitative estimate of drug-likeness (QED) is 0.762. The smallest absolute Gasteiger partial charge is 0.259 e. The van der Waals surface area contributed by atoms with Crippen LogP contribution in [0.3, 0.4) is 0 Å². The monoisotopic (exact) mass is 362 g/mol. The lowest BCUT2D eigenvalue weighted by atomic mass is 9.77. The minimum absolute atomic E-state index is 0.379. The summed E-state index contributed by atoms with van der Waals surface area (Å²) in [5.74, 6) is 0.927. The molecule has 0 atom stereocenters. The summed E-state index contributed by atoms with van der Waals surface area (Å²) in [7, 11) is 1.92. The first kappa shape index (κ1) is 15.6. The number of aryl methyl sites for hydroxylation is 1. The zero-order chi connectivity index (χ0) is 16.7. The normalized spacial score (nSPS) is 16.1. The first-order valence-corrected chi connectivity index (χ1v) is 8.69. The van der Waals surface area contributed by atoms with E-state index in [9.17, 15) is 0 Å². The van der Waals surface area contributed by atoms with E-state index >= 15 is 0 Å². The summed E-state index contributed by atoms with van der Waals surface area (Å²) in [6.07, 6.45) is 8.11. The first-order chi connectivity index (χ1) is 11.5.